The lowest BCUT2D eigenvalue weighted by molar-refractivity contribution is 0.174. The van der Waals surface area contributed by atoms with Crippen molar-refractivity contribution in [3.8, 4) is 0 Å². The number of aryl methyl sites for hydroxylation is 1. The summed E-state index contributed by atoms with van der Waals surface area (Å²) >= 11 is 1.70. The zero-order chi connectivity index (χ0) is 11.8. The molecule has 1 atom stereocenters. The molecule has 5 nitrogen and oxygen atoms in total. The minimum Gasteiger partial charge on any atom is -0.383 e. The largest absolute Gasteiger partial charge is 0.383 e. The van der Waals surface area contributed by atoms with Crippen molar-refractivity contribution in [2.24, 2.45) is 7.05 Å². The predicted molar refractivity (Wildman–Crippen MR) is 65.7 cm³/mol. The van der Waals surface area contributed by atoms with E-state index in [1.165, 1.54) is 0 Å². The number of hydrogen-bond donors (Lipinski definition) is 1. The van der Waals surface area contributed by atoms with Crippen LogP contribution in [0, 0.1) is 0 Å². The summed E-state index contributed by atoms with van der Waals surface area (Å²) < 4.78 is 6.97. The molecule has 0 aromatic carbocycles. The van der Waals surface area contributed by atoms with E-state index in [-0.39, 0.29) is 0 Å². The van der Waals surface area contributed by atoms with Gasteiger partial charge in [-0.15, -0.1) is 0 Å². The van der Waals surface area contributed by atoms with Gasteiger partial charge in [0.2, 0.25) is 0 Å². The third kappa shape index (κ3) is 4.51. The molecule has 0 radical (unpaired) electrons. The Kier molecular flexibility index (Phi) is 6.44. The third-order valence-electron chi connectivity index (χ3n) is 2.13. The lowest BCUT2D eigenvalue weighted by atomic mass is 10.3. The van der Waals surface area contributed by atoms with Crippen LogP contribution >= 0.6 is 11.8 Å². The first kappa shape index (κ1) is 13.5. The molecule has 0 amide bonds. The van der Waals surface area contributed by atoms with E-state index in [1.54, 1.807) is 29.9 Å². The van der Waals surface area contributed by atoms with E-state index in [0.29, 0.717) is 6.04 Å². The number of ether oxygens (including phenoxy) is 1. The van der Waals surface area contributed by atoms with Crippen LogP contribution in [0.4, 0.5) is 0 Å². The lowest BCUT2D eigenvalue weighted by Gasteiger charge is -2.16. The summed E-state index contributed by atoms with van der Waals surface area (Å²) in [6.45, 7) is 3.91. The van der Waals surface area contributed by atoms with E-state index < -0.39 is 0 Å². The van der Waals surface area contributed by atoms with Crippen molar-refractivity contribution in [1.82, 2.24) is 20.1 Å². The van der Waals surface area contributed by atoms with E-state index in [1.807, 2.05) is 7.05 Å². The summed E-state index contributed by atoms with van der Waals surface area (Å²) in [5.74, 6) is 0.945. The number of hydrogen-bond acceptors (Lipinski definition) is 5. The van der Waals surface area contributed by atoms with Crippen molar-refractivity contribution >= 4 is 11.8 Å². The standard InChI is InChI=1S/C10H20N4OS/c1-4-5-11-9(6-15-3)7-16-10-12-8-13-14(10)2/h8-9,11H,4-7H2,1-3H3. The molecule has 0 aliphatic carbocycles. The average molecular weight is 244 g/mol. The van der Waals surface area contributed by atoms with Crippen molar-refractivity contribution in [3.05, 3.63) is 6.33 Å². The van der Waals surface area contributed by atoms with Crippen molar-refractivity contribution in [2.45, 2.75) is 24.5 Å². The molecule has 0 fully saturated rings. The molecule has 1 aromatic heterocycles. The number of nitrogens with one attached hydrogen (secondary N) is 1. The Hall–Kier alpha value is -0.590. The Morgan fingerprint density at radius 1 is 1.62 bits per heavy atom. The summed E-state index contributed by atoms with van der Waals surface area (Å²) in [6.07, 6.45) is 2.71. The van der Waals surface area contributed by atoms with Crippen molar-refractivity contribution < 1.29 is 4.74 Å². The highest BCUT2D eigenvalue weighted by Crippen LogP contribution is 2.14. The second-order valence-corrected chi connectivity index (χ2v) is 4.57. The molecule has 1 heterocycles. The van der Waals surface area contributed by atoms with Gasteiger partial charge in [0.15, 0.2) is 5.16 Å². The summed E-state index contributed by atoms with van der Waals surface area (Å²) in [5, 5.41) is 8.43. The van der Waals surface area contributed by atoms with Gasteiger partial charge in [0.25, 0.3) is 0 Å². The summed E-state index contributed by atoms with van der Waals surface area (Å²) in [5.41, 5.74) is 0. The van der Waals surface area contributed by atoms with Crippen LogP contribution in [0.25, 0.3) is 0 Å². The van der Waals surface area contributed by atoms with Gasteiger partial charge in [-0.3, -0.25) is 0 Å². The fourth-order valence-corrected chi connectivity index (χ4v) is 2.23. The number of nitrogens with zero attached hydrogens (tertiary/aromatic N) is 3. The van der Waals surface area contributed by atoms with Crippen LogP contribution in [-0.2, 0) is 11.8 Å². The maximum Gasteiger partial charge on any atom is 0.185 e. The molecule has 92 valence electrons. The third-order valence-corrected chi connectivity index (χ3v) is 3.33. The van der Waals surface area contributed by atoms with Crippen LogP contribution in [0.15, 0.2) is 11.5 Å². The summed E-state index contributed by atoms with van der Waals surface area (Å²) in [6, 6.07) is 0.367. The molecule has 0 aliphatic rings. The summed E-state index contributed by atoms with van der Waals surface area (Å²) in [4.78, 5) is 4.17. The minimum atomic E-state index is 0.367. The van der Waals surface area contributed by atoms with Crippen molar-refractivity contribution in [2.75, 3.05) is 26.0 Å². The van der Waals surface area contributed by atoms with Gasteiger partial charge >= 0.3 is 0 Å². The molecule has 0 saturated heterocycles. The van der Waals surface area contributed by atoms with Gasteiger partial charge in [-0.1, -0.05) is 18.7 Å². The van der Waals surface area contributed by atoms with E-state index in [4.69, 9.17) is 4.74 Å². The Morgan fingerprint density at radius 2 is 2.44 bits per heavy atom. The van der Waals surface area contributed by atoms with Crippen LogP contribution in [0.1, 0.15) is 13.3 Å². The molecular formula is C10H20N4OS. The Bertz CT molecular complexity index is 292. The molecule has 16 heavy (non-hydrogen) atoms. The smallest absolute Gasteiger partial charge is 0.185 e. The molecule has 0 bridgehead atoms. The second kappa shape index (κ2) is 7.65. The molecule has 0 spiro atoms. The van der Waals surface area contributed by atoms with Gasteiger partial charge < -0.3 is 10.1 Å². The second-order valence-electron chi connectivity index (χ2n) is 3.58. The van der Waals surface area contributed by atoms with E-state index in [9.17, 15) is 0 Å². The Morgan fingerprint density at radius 3 is 3.00 bits per heavy atom. The van der Waals surface area contributed by atoms with Crippen molar-refractivity contribution in [1.29, 1.82) is 0 Å². The van der Waals surface area contributed by atoms with Crippen LogP contribution in [-0.4, -0.2) is 46.8 Å². The Balaban J connectivity index is 2.34. The van der Waals surface area contributed by atoms with Crippen molar-refractivity contribution in [3.63, 3.8) is 0 Å². The molecule has 1 aromatic rings. The van der Waals surface area contributed by atoms with Crippen LogP contribution in [0.2, 0.25) is 0 Å². The number of aromatic nitrogens is 3. The molecular weight excluding hydrogens is 224 g/mol. The van der Waals surface area contributed by atoms with Gasteiger partial charge in [0.05, 0.1) is 6.61 Å². The van der Waals surface area contributed by atoms with Gasteiger partial charge in [-0.05, 0) is 13.0 Å². The molecule has 1 rings (SSSR count). The van der Waals surface area contributed by atoms with E-state index in [2.05, 4.69) is 22.3 Å². The highest BCUT2D eigenvalue weighted by Gasteiger charge is 2.10. The van der Waals surface area contributed by atoms with Crippen LogP contribution in [0.3, 0.4) is 0 Å². The first-order chi connectivity index (χ1) is 7.77. The molecule has 1 N–H and O–H groups in total. The zero-order valence-corrected chi connectivity index (χ0v) is 11.0. The highest BCUT2D eigenvalue weighted by atomic mass is 32.2. The number of thioether (sulfide) groups is 1. The lowest BCUT2D eigenvalue weighted by Crippen LogP contribution is -2.36. The Labute approximate surface area is 101 Å². The molecule has 0 aliphatic heterocycles. The fourth-order valence-electron chi connectivity index (χ4n) is 1.31. The van der Waals surface area contributed by atoms with Crippen LogP contribution in [0.5, 0.6) is 0 Å². The van der Waals surface area contributed by atoms with Gasteiger partial charge in [0, 0.05) is 26.0 Å². The molecule has 6 heteroatoms. The average Bonchev–Trinajstić information content (AvgIpc) is 2.68. The first-order valence-corrected chi connectivity index (χ1v) is 6.45. The topological polar surface area (TPSA) is 52.0 Å². The van der Waals surface area contributed by atoms with Gasteiger partial charge in [0.1, 0.15) is 6.33 Å². The van der Waals surface area contributed by atoms with Gasteiger partial charge in [-0.2, -0.15) is 5.10 Å². The SMILES string of the molecule is CCCNC(COC)CSc1ncnn1C. The quantitative estimate of drug-likeness (QED) is 0.689. The van der Waals surface area contributed by atoms with E-state index in [0.717, 1.165) is 30.5 Å². The highest BCUT2D eigenvalue weighted by molar-refractivity contribution is 7.99. The minimum absolute atomic E-state index is 0.367. The normalized spacial score (nSPS) is 12.9. The zero-order valence-electron chi connectivity index (χ0n) is 10.1. The molecule has 1 unspecified atom stereocenters. The number of methoxy groups -OCH3 is 1. The van der Waals surface area contributed by atoms with Crippen LogP contribution < -0.4 is 5.32 Å². The fraction of sp³-hybridized carbons (Fsp3) is 0.800. The molecule has 0 saturated carbocycles. The summed E-state index contributed by atoms with van der Waals surface area (Å²) in [7, 11) is 3.63. The predicted octanol–water partition coefficient (Wildman–Crippen LogP) is 0.922. The van der Waals surface area contributed by atoms with Gasteiger partial charge in [-0.25, -0.2) is 9.67 Å². The van der Waals surface area contributed by atoms with E-state index >= 15 is 0 Å². The monoisotopic (exact) mass is 244 g/mol. The maximum atomic E-state index is 5.18. The maximum absolute atomic E-state index is 5.18. The number of rotatable bonds is 8. The first-order valence-electron chi connectivity index (χ1n) is 5.47.